The van der Waals surface area contributed by atoms with E-state index in [-0.39, 0.29) is 31.1 Å². The molecule has 0 heterocycles. The topological polar surface area (TPSA) is 78.9 Å². The fraction of sp³-hybridized carbons (Fsp3) is 0.689. The van der Waals surface area contributed by atoms with Crippen molar-refractivity contribution in [1.82, 2.24) is 0 Å². The Balaban J connectivity index is 4.12. The van der Waals surface area contributed by atoms with Gasteiger partial charge in [-0.05, 0) is 96.3 Å². The van der Waals surface area contributed by atoms with Crippen molar-refractivity contribution in [1.29, 1.82) is 0 Å². The quantitative estimate of drug-likeness (QED) is 0.0262. The van der Waals surface area contributed by atoms with Gasteiger partial charge in [0.25, 0.3) is 0 Å². The molecule has 1 atom stereocenters. The second-order valence-electron chi connectivity index (χ2n) is 18.1. The first-order chi connectivity index (χ1) is 33.0. The number of unbranched alkanes of at least 4 members (excludes halogenated alkanes) is 22. The van der Waals surface area contributed by atoms with Crippen LogP contribution in [0.4, 0.5) is 0 Å². The molecule has 0 saturated carbocycles. The van der Waals surface area contributed by atoms with Crippen molar-refractivity contribution >= 4 is 17.9 Å². The van der Waals surface area contributed by atoms with E-state index >= 15 is 0 Å². The summed E-state index contributed by atoms with van der Waals surface area (Å²) in [7, 11) is 0. The van der Waals surface area contributed by atoms with Gasteiger partial charge in [-0.3, -0.25) is 14.4 Å². The van der Waals surface area contributed by atoms with Crippen molar-refractivity contribution in [2.24, 2.45) is 0 Å². The van der Waals surface area contributed by atoms with Gasteiger partial charge >= 0.3 is 17.9 Å². The number of ether oxygens (including phenoxy) is 3. The van der Waals surface area contributed by atoms with Crippen molar-refractivity contribution in [3.63, 3.8) is 0 Å². The second-order valence-corrected chi connectivity index (χ2v) is 18.1. The molecule has 0 N–H and O–H groups in total. The van der Waals surface area contributed by atoms with E-state index in [1.54, 1.807) is 0 Å². The van der Waals surface area contributed by atoms with Crippen LogP contribution in [0.2, 0.25) is 0 Å². The van der Waals surface area contributed by atoms with Crippen molar-refractivity contribution < 1.29 is 28.6 Å². The molecule has 0 rings (SSSR count). The van der Waals surface area contributed by atoms with Crippen LogP contribution in [0.5, 0.6) is 0 Å². The molecule has 0 aromatic heterocycles. The molecule has 0 radical (unpaired) electrons. The Kier molecular flexibility index (Phi) is 51.9. The lowest BCUT2D eigenvalue weighted by Gasteiger charge is -2.18. The summed E-state index contributed by atoms with van der Waals surface area (Å²) >= 11 is 0. The van der Waals surface area contributed by atoms with E-state index in [9.17, 15) is 14.4 Å². The van der Waals surface area contributed by atoms with E-state index in [4.69, 9.17) is 14.2 Å². The largest absolute Gasteiger partial charge is 0.462 e. The summed E-state index contributed by atoms with van der Waals surface area (Å²) in [6, 6.07) is 0. The van der Waals surface area contributed by atoms with Gasteiger partial charge in [-0.15, -0.1) is 0 Å². The van der Waals surface area contributed by atoms with Gasteiger partial charge in [0.15, 0.2) is 6.10 Å². The SMILES string of the molecule is CC/C=C\C/C=C\C/C=C\C/C=C\C/C=C\C/C=C\CCCCCCCCCCCCC(=O)OCC(COC(=O)CCCCCCCC)OC(=O)CCCCCCC/C=C\C/C=C\CCCC. The number of esters is 3. The number of carbonyl (C=O) groups is 3. The second kappa shape index (κ2) is 54.9. The predicted molar refractivity (Wildman–Crippen MR) is 288 cm³/mol. The van der Waals surface area contributed by atoms with Crippen LogP contribution >= 0.6 is 0 Å². The third kappa shape index (κ3) is 53.2. The fourth-order valence-corrected chi connectivity index (χ4v) is 7.40. The Morgan fingerprint density at radius 1 is 0.313 bits per heavy atom. The van der Waals surface area contributed by atoms with Gasteiger partial charge in [0.1, 0.15) is 13.2 Å². The van der Waals surface area contributed by atoms with Gasteiger partial charge in [0.05, 0.1) is 0 Å². The van der Waals surface area contributed by atoms with E-state index in [0.717, 1.165) is 122 Å². The molecule has 1 unspecified atom stereocenters. The molecule has 0 aliphatic carbocycles. The van der Waals surface area contributed by atoms with Crippen LogP contribution < -0.4 is 0 Å². The molecule has 0 aliphatic heterocycles. The third-order valence-electron chi connectivity index (χ3n) is 11.6. The molecule has 0 bridgehead atoms. The highest BCUT2D eigenvalue weighted by Crippen LogP contribution is 2.14. The van der Waals surface area contributed by atoms with E-state index in [2.05, 4.69) is 118 Å². The zero-order valence-electron chi connectivity index (χ0n) is 43.6. The van der Waals surface area contributed by atoms with Crippen molar-refractivity contribution in [3.8, 4) is 0 Å². The van der Waals surface area contributed by atoms with Crippen LogP contribution in [0.3, 0.4) is 0 Å². The lowest BCUT2D eigenvalue weighted by molar-refractivity contribution is -0.167. The Morgan fingerprint density at radius 2 is 0.597 bits per heavy atom. The van der Waals surface area contributed by atoms with E-state index in [0.29, 0.717) is 19.3 Å². The predicted octanol–water partition coefficient (Wildman–Crippen LogP) is 18.5. The zero-order chi connectivity index (χ0) is 48.6. The van der Waals surface area contributed by atoms with Crippen LogP contribution in [-0.2, 0) is 28.6 Å². The molecule has 0 spiro atoms. The number of hydrogen-bond acceptors (Lipinski definition) is 6. The molecule has 0 aromatic carbocycles. The molecule has 6 heteroatoms. The maximum Gasteiger partial charge on any atom is 0.306 e. The molecule has 0 fully saturated rings. The first-order valence-electron chi connectivity index (χ1n) is 27.7. The van der Waals surface area contributed by atoms with Crippen LogP contribution in [0.15, 0.2) is 97.2 Å². The zero-order valence-corrected chi connectivity index (χ0v) is 43.6. The third-order valence-corrected chi connectivity index (χ3v) is 11.6. The van der Waals surface area contributed by atoms with Gasteiger partial charge < -0.3 is 14.2 Å². The van der Waals surface area contributed by atoms with Crippen molar-refractivity contribution in [2.45, 2.75) is 258 Å². The Labute approximate surface area is 413 Å². The number of allylic oxidation sites excluding steroid dienone is 16. The van der Waals surface area contributed by atoms with Gasteiger partial charge in [0, 0.05) is 19.3 Å². The highest BCUT2D eigenvalue weighted by molar-refractivity contribution is 5.71. The highest BCUT2D eigenvalue weighted by atomic mass is 16.6. The maximum absolute atomic E-state index is 12.7. The standard InChI is InChI=1S/C61H102O6/c1-4-7-10-13-16-18-20-22-24-25-26-27-28-29-30-31-32-33-34-35-36-37-38-40-41-43-45-48-51-54-60(63)66-57-58(56-65-59(62)53-50-47-15-12-9-6-3)67-61(64)55-52-49-46-44-42-39-23-21-19-17-14-11-8-5-2/h7,10,14,16-18,21-24,26-27,29-30,32-33,58H,4-6,8-9,11-13,15,19-20,25,28,31,34-57H2,1-3H3/b10-7-,17-14-,18-16-,23-21-,24-22-,27-26-,30-29-,33-32-. The first-order valence-corrected chi connectivity index (χ1v) is 27.7. The smallest absolute Gasteiger partial charge is 0.306 e. The average Bonchev–Trinajstić information content (AvgIpc) is 3.33. The summed E-state index contributed by atoms with van der Waals surface area (Å²) in [5.41, 5.74) is 0. The first kappa shape index (κ1) is 63.3. The summed E-state index contributed by atoms with van der Waals surface area (Å²) in [5.74, 6) is -0.913. The van der Waals surface area contributed by atoms with Gasteiger partial charge in [-0.1, -0.05) is 234 Å². The lowest BCUT2D eigenvalue weighted by atomic mass is 10.1. The Hall–Kier alpha value is -3.67. The van der Waals surface area contributed by atoms with Crippen LogP contribution in [0.1, 0.15) is 252 Å². The fourth-order valence-electron chi connectivity index (χ4n) is 7.40. The molecule has 6 nitrogen and oxygen atoms in total. The molecule has 0 aromatic rings. The molecular weight excluding hydrogens is 829 g/mol. The number of hydrogen-bond donors (Lipinski definition) is 0. The van der Waals surface area contributed by atoms with E-state index < -0.39 is 6.10 Å². The normalized spacial score (nSPS) is 12.8. The molecule has 0 amide bonds. The monoisotopic (exact) mass is 931 g/mol. The number of carbonyl (C=O) groups excluding carboxylic acids is 3. The minimum absolute atomic E-state index is 0.0841. The summed E-state index contributed by atoms with van der Waals surface area (Å²) < 4.78 is 16.7. The molecular formula is C61H102O6. The average molecular weight is 931 g/mol. The molecule has 0 aliphatic rings. The summed E-state index contributed by atoms with van der Waals surface area (Å²) in [4.78, 5) is 37.8. The van der Waals surface area contributed by atoms with Gasteiger partial charge in [-0.25, -0.2) is 0 Å². The molecule has 382 valence electrons. The lowest BCUT2D eigenvalue weighted by Crippen LogP contribution is -2.30. The Morgan fingerprint density at radius 3 is 0.955 bits per heavy atom. The maximum atomic E-state index is 12.7. The van der Waals surface area contributed by atoms with E-state index in [1.165, 1.54) is 89.9 Å². The van der Waals surface area contributed by atoms with Crippen LogP contribution in [0.25, 0.3) is 0 Å². The Bertz CT molecular complexity index is 1350. The van der Waals surface area contributed by atoms with Gasteiger partial charge in [-0.2, -0.15) is 0 Å². The van der Waals surface area contributed by atoms with Gasteiger partial charge in [0.2, 0.25) is 0 Å². The highest BCUT2D eigenvalue weighted by Gasteiger charge is 2.19. The van der Waals surface area contributed by atoms with E-state index in [1.807, 2.05) is 0 Å². The van der Waals surface area contributed by atoms with Crippen molar-refractivity contribution in [3.05, 3.63) is 97.2 Å². The minimum atomic E-state index is -0.783. The minimum Gasteiger partial charge on any atom is -0.462 e. The number of rotatable bonds is 49. The summed E-state index contributed by atoms with van der Waals surface area (Å²) in [6.07, 6.45) is 72.9. The van der Waals surface area contributed by atoms with Crippen LogP contribution in [0, 0.1) is 0 Å². The van der Waals surface area contributed by atoms with Crippen molar-refractivity contribution in [2.75, 3.05) is 13.2 Å². The van der Waals surface area contributed by atoms with Crippen LogP contribution in [-0.4, -0.2) is 37.2 Å². The summed E-state index contributed by atoms with van der Waals surface area (Å²) in [5, 5.41) is 0. The summed E-state index contributed by atoms with van der Waals surface area (Å²) in [6.45, 7) is 6.40. The molecule has 0 saturated heterocycles. The molecule has 67 heavy (non-hydrogen) atoms.